The molecule has 1 aromatic carbocycles. The molecule has 2 nitrogen and oxygen atoms in total. The molecule has 0 fully saturated rings. The minimum atomic E-state index is 1.00. The van der Waals surface area contributed by atoms with Gasteiger partial charge in [-0.05, 0) is 30.2 Å². The summed E-state index contributed by atoms with van der Waals surface area (Å²) in [4.78, 5) is 2.25. The van der Waals surface area contributed by atoms with Crippen molar-refractivity contribution < 1.29 is 4.57 Å². The third kappa shape index (κ3) is 5.05. The highest BCUT2D eigenvalue weighted by atomic mass is 33.1. The zero-order valence-electron chi connectivity index (χ0n) is 15.0. The summed E-state index contributed by atoms with van der Waals surface area (Å²) in [6.07, 6.45) is 4.37. The first kappa shape index (κ1) is 18.9. The average Bonchev–Trinajstić information content (AvgIpc) is 2.58. The van der Waals surface area contributed by atoms with E-state index in [0.717, 1.165) is 18.8 Å². The molecule has 1 heterocycles. The van der Waals surface area contributed by atoms with Gasteiger partial charge in [-0.1, -0.05) is 35.1 Å². The highest BCUT2D eigenvalue weighted by Gasteiger charge is 2.08. The molecule has 1 aromatic heterocycles. The van der Waals surface area contributed by atoms with Gasteiger partial charge in [0, 0.05) is 51.0 Å². The molecule has 0 radical (unpaired) electrons. The molecule has 0 atom stereocenters. The summed E-state index contributed by atoms with van der Waals surface area (Å²) in [5.74, 6) is 1.02. The van der Waals surface area contributed by atoms with Crippen molar-refractivity contribution in [1.82, 2.24) is 0 Å². The van der Waals surface area contributed by atoms with Crippen LogP contribution in [0.2, 0.25) is 0 Å². The van der Waals surface area contributed by atoms with Gasteiger partial charge in [-0.3, -0.25) is 0 Å². The molecule has 4 heteroatoms. The lowest BCUT2D eigenvalue weighted by atomic mass is 10.1. The van der Waals surface area contributed by atoms with E-state index in [9.17, 15) is 0 Å². The van der Waals surface area contributed by atoms with Crippen LogP contribution in [-0.4, -0.2) is 19.3 Å². The SMILES string of the molecule is CC[n+]1c(C)cc(/C=C/c2ccc(N(C)CCSS)cc2)cc1C. The van der Waals surface area contributed by atoms with Crippen LogP contribution in [0.15, 0.2) is 36.4 Å². The molecule has 0 aliphatic carbocycles. The van der Waals surface area contributed by atoms with Gasteiger partial charge in [-0.25, -0.2) is 4.57 Å². The molecule has 24 heavy (non-hydrogen) atoms. The van der Waals surface area contributed by atoms with Crippen molar-refractivity contribution in [2.45, 2.75) is 27.3 Å². The largest absolute Gasteiger partial charge is 0.374 e. The zero-order valence-corrected chi connectivity index (χ0v) is 16.7. The van der Waals surface area contributed by atoms with Crippen molar-refractivity contribution in [2.24, 2.45) is 0 Å². The van der Waals surface area contributed by atoms with Gasteiger partial charge < -0.3 is 4.90 Å². The molecule has 0 spiro atoms. The molecule has 2 rings (SSSR count). The van der Waals surface area contributed by atoms with Gasteiger partial charge in [0.1, 0.15) is 6.54 Å². The lowest BCUT2D eigenvalue weighted by molar-refractivity contribution is -0.705. The number of benzene rings is 1. The summed E-state index contributed by atoms with van der Waals surface area (Å²) in [5.41, 5.74) is 6.32. The van der Waals surface area contributed by atoms with Crippen LogP contribution in [0.5, 0.6) is 0 Å². The summed E-state index contributed by atoms with van der Waals surface area (Å²) >= 11 is 4.19. The Morgan fingerprint density at radius 2 is 1.62 bits per heavy atom. The first-order valence-corrected chi connectivity index (χ1v) is 10.4. The van der Waals surface area contributed by atoms with Crippen LogP contribution in [0.1, 0.15) is 29.4 Å². The quantitative estimate of drug-likeness (QED) is 0.431. The summed E-state index contributed by atoms with van der Waals surface area (Å²) in [7, 11) is 3.70. The topological polar surface area (TPSA) is 7.12 Å². The van der Waals surface area contributed by atoms with Crippen LogP contribution in [0.3, 0.4) is 0 Å². The normalized spacial score (nSPS) is 11.2. The fraction of sp³-hybridized carbons (Fsp3) is 0.350. The van der Waals surface area contributed by atoms with Crippen LogP contribution in [0, 0.1) is 13.8 Å². The van der Waals surface area contributed by atoms with Crippen molar-refractivity contribution in [3.8, 4) is 0 Å². The van der Waals surface area contributed by atoms with Gasteiger partial charge in [0.15, 0.2) is 11.4 Å². The molecule has 0 saturated heterocycles. The van der Waals surface area contributed by atoms with E-state index in [-0.39, 0.29) is 0 Å². The van der Waals surface area contributed by atoms with Crippen LogP contribution in [0.25, 0.3) is 12.2 Å². The third-order valence-electron chi connectivity index (χ3n) is 4.24. The number of aromatic nitrogens is 1. The van der Waals surface area contributed by atoms with Gasteiger partial charge in [0.25, 0.3) is 0 Å². The number of thiol groups is 1. The Balaban J connectivity index is 2.09. The maximum absolute atomic E-state index is 4.19. The van der Waals surface area contributed by atoms with E-state index >= 15 is 0 Å². The summed E-state index contributed by atoms with van der Waals surface area (Å²) in [6, 6.07) is 13.2. The molecule has 128 valence electrons. The molecule has 2 aromatic rings. The number of nitrogens with zero attached hydrogens (tertiary/aromatic N) is 2. The minimum absolute atomic E-state index is 1.00. The summed E-state index contributed by atoms with van der Waals surface area (Å²) in [6.45, 7) is 8.54. The van der Waals surface area contributed by atoms with E-state index < -0.39 is 0 Å². The summed E-state index contributed by atoms with van der Waals surface area (Å²) in [5, 5.41) is 0. The number of hydrogen-bond acceptors (Lipinski definition) is 3. The van der Waals surface area contributed by atoms with Crippen LogP contribution < -0.4 is 9.47 Å². The standard InChI is InChI=1S/C20H26N2S2/c1-5-22-16(2)14-19(15-17(22)3)7-6-18-8-10-20(11-9-18)21(4)12-13-24-23/h6-11,14-15H,5,12-13H2,1-4H3/p+1. The fourth-order valence-electron chi connectivity index (χ4n) is 2.89. The molecular formula is C20H27N2S2+. The first-order valence-electron chi connectivity index (χ1n) is 8.32. The van der Waals surface area contributed by atoms with E-state index in [1.165, 1.54) is 28.2 Å². The molecule has 0 aliphatic heterocycles. The lowest BCUT2D eigenvalue weighted by Crippen LogP contribution is -2.39. The zero-order chi connectivity index (χ0) is 17.5. The predicted molar refractivity (Wildman–Crippen MR) is 112 cm³/mol. The van der Waals surface area contributed by atoms with Gasteiger partial charge in [0.05, 0.1) is 0 Å². The number of pyridine rings is 1. The van der Waals surface area contributed by atoms with Crippen molar-refractivity contribution in [2.75, 3.05) is 24.2 Å². The highest BCUT2D eigenvalue weighted by molar-refractivity contribution is 8.68. The Morgan fingerprint density at radius 3 is 2.17 bits per heavy atom. The second-order valence-corrected chi connectivity index (χ2v) is 7.44. The molecule has 0 saturated carbocycles. The molecule has 0 N–H and O–H groups in total. The van der Waals surface area contributed by atoms with Gasteiger partial charge in [-0.2, -0.15) is 0 Å². The van der Waals surface area contributed by atoms with E-state index in [1.807, 2.05) is 0 Å². The van der Waals surface area contributed by atoms with Crippen LogP contribution >= 0.6 is 22.5 Å². The Hall–Kier alpha value is -1.39. The Bertz CT molecular complexity index is 670. The molecule has 0 amide bonds. The fourth-order valence-corrected chi connectivity index (χ4v) is 3.49. The van der Waals surface area contributed by atoms with Crippen molar-refractivity contribution >= 4 is 40.3 Å². The van der Waals surface area contributed by atoms with Gasteiger partial charge >= 0.3 is 0 Å². The average molecular weight is 360 g/mol. The van der Waals surface area contributed by atoms with Gasteiger partial charge in [0.2, 0.25) is 0 Å². The smallest absolute Gasteiger partial charge is 0.179 e. The maximum atomic E-state index is 4.19. The van der Waals surface area contributed by atoms with E-state index in [0.29, 0.717) is 0 Å². The Labute approximate surface area is 155 Å². The van der Waals surface area contributed by atoms with Crippen LogP contribution in [0.4, 0.5) is 5.69 Å². The highest BCUT2D eigenvalue weighted by Crippen LogP contribution is 2.17. The second-order valence-electron chi connectivity index (χ2n) is 6.00. The number of anilines is 1. The van der Waals surface area contributed by atoms with Crippen molar-refractivity contribution in [3.05, 3.63) is 58.9 Å². The Kier molecular flexibility index (Phi) is 7.25. The second kappa shape index (κ2) is 9.19. The molecule has 0 aliphatic rings. The Morgan fingerprint density at radius 1 is 1.04 bits per heavy atom. The summed E-state index contributed by atoms with van der Waals surface area (Å²) < 4.78 is 2.32. The molecule has 0 bridgehead atoms. The van der Waals surface area contributed by atoms with Crippen molar-refractivity contribution in [1.29, 1.82) is 0 Å². The molecule has 0 unspecified atom stereocenters. The third-order valence-corrected chi connectivity index (χ3v) is 5.15. The van der Waals surface area contributed by atoms with E-state index in [2.05, 4.69) is 97.5 Å². The van der Waals surface area contributed by atoms with Crippen molar-refractivity contribution in [3.63, 3.8) is 0 Å². The number of aryl methyl sites for hydroxylation is 2. The predicted octanol–water partition coefficient (Wildman–Crippen LogP) is 4.80. The van der Waals surface area contributed by atoms with E-state index in [1.54, 1.807) is 10.8 Å². The van der Waals surface area contributed by atoms with Crippen LogP contribution in [-0.2, 0) is 6.54 Å². The molecular weight excluding hydrogens is 332 g/mol. The van der Waals surface area contributed by atoms with Gasteiger partial charge in [-0.15, -0.1) is 11.7 Å². The monoisotopic (exact) mass is 359 g/mol. The first-order chi connectivity index (χ1) is 11.5. The van der Waals surface area contributed by atoms with E-state index in [4.69, 9.17) is 0 Å². The minimum Gasteiger partial charge on any atom is -0.374 e. The number of rotatable bonds is 7. The lowest BCUT2D eigenvalue weighted by Gasteiger charge is -2.18. The number of hydrogen-bond donors (Lipinski definition) is 1. The maximum Gasteiger partial charge on any atom is 0.179 e.